The van der Waals surface area contributed by atoms with Crippen molar-refractivity contribution in [2.45, 2.75) is 27.2 Å². The zero-order valence-corrected chi connectivity index (χ0v) is 6.88. The predicted octanol–water partition coefficient (Wildman–Crippen LogP) is 1.73. The fraction of sp³-hybridized carbons (Fsp3) is 0.833. The predicted molar refractivity (Wildman–Crippen MR) is 41.6 cm³/mol. The fourth-order valence-electron chi connectivity index (χ4n) is 0.312. The molecule has 3 heteroatoms. The highest BCUT2D eigenvalue weighted by Crippen LogP contribution is 2.20. The van der Waals surface area contributed by atoms with Crippen LogP contribution in [0.5, 0.6) is 0 Å². The summed E-state index contributed by atoms with van der Waals surface area (Å²) in [6.07, 6.45) is 0.930. The maximum atomic E-state index is 8.41. The molecule has 2 nitrogen and oxygen atoms in total. The van der Waals surface area contributed by atoms with Crippen molar-refractivity contribution in [1.29, 1.82) is 0 Å². The lowest BCUT2D eigenvalue weighted by molar-refractivity contribution is 0.222. The van der Waals surface area contributed by atoms with Crippen LogP contribution >= 0.6 is 12.2 Å². The summed E-state index contributed by atoms with van der Waals surface area (Å²) in [4.78, 5) is 0.505. The number of hydrogen-bond acceptors (Lipinski definition) is 2. The molecule has 0 aromatic heterocycles. The van der Waals surface area contributed by atoms with Crippen molar-refractivity contribution in [2.75, 3.05) is 0 Å². The Morgan fingerprint density at radius 2 is 2.11 bits per heavy atom. The molecule has 0 aliphatic rings. The van der Waals surface area contributed by atoms with Crippen molar-refractivity contribution in [2.24, 2.45) is 5.41 Å². The molecular weight excluding hydrogens is 134 g/mol. The third-order valence-corrected chi connectivity index (χ3v) is 2.24. The molecule has 0 unspecified atom stereocenters. The number of nitrogens with one attached hydrogen (secondary N) is 1. The largest absolute Gasteiger partial charge is 0.291 e. The molecule has 2 N–H and O–H groups in total. The molecule has 0 fully saturated rings. The Kier molecular flexibility index (Phi) is 3.08. The molecule has 0 atom stereocenters. The average Bonchev–Trinajstić information content (AvgIpc) is 1.86. The standard InChI is InChI=1S/C6H13NOS/c1-4-6(2,3)5(9)7-8/h8H,4H2,1-3H3,(H,7,9). The number of thiocarbonyl (C=S) groups is 1. The van der Waals surface area contributed by atoms with Crippen LogP contribution in [-0.4, -0.2) is 10.2 Å². The van der Waals surface area contributed by atoms with E-state index in [1.54, 1.807) is 0 Å². The molecule has 0 radical (unpaired) electrons. The zero-order valence-electron chi connectivity index (χ0n) is 6.06. The SMILES string of the molecule is CCC(C)(C)C(=S)NO. The molecule has 0 aliphatic heterocycles. The fourth-order valence-corrected chi connectivity index (χ4v) is 0.456. The van der Waals surface area contributed by atoms with Gasteiger partial charge in [-0.15, -0.1) is 0 Å². The minimum absolute atomic E-state index is 0.0793. The molecule has 9 heavy (non-hydrogen) atoms. The van der Waals surface area contributed by atoms with Gasteiger partial charge in [0.2, 0.25) is 0 Å². The number of hydrogen-bond donors (Lipinski definition) is 2. The van der Waals surface area contributed by atoms with Gasteiger partial charge in [0.05, 0.1) is 0 Å². The van der Waals surface area contributed by atoms with Crippen molar-refractivity contribution in [3.63, 3.8) is 0 Å². The topological polar surface area (TPSA) is 32.3 Å². The van der Waals surface area contributed by atoms with Crippen molar-refractivity contribution < 1.29 is 5.21 Å². The first-order valence-corrected chi connectivity index (χ1v) is 3.40. The Balaban J connectivity index is 3.97. The Morgan fingerprint density at radius 3 is 2.22 bits per heavy atom. The highest BCUT2D eigenvalue weighted by molar-refractivity contribution is 7.80. The number of hydroxylamine groups is 1. The highest BCUT2D eigenvalue weighted by Gasteiger charge is 2.20. The summed E-state index contributed by atoms with van der Waals surface area (Å²) in [7, 11) is 0. The Bertz CT molecular complexity index is 112. The molecule has 0 aliphatic carbocycles. The van der Waals surface area contributed by atoms with E-state index < -0.39 is 0 Å². The summed E-state index contributed by atoms with van der Waals surface area (Å²) in [5.41, 5.74) is 1.91. The van der Waals surface area contributed by atoms with Crippen LogP contribution in [0.25, 0.3) is 0 Å². The minimum Gasteiger partial charge on any atom is -0.291 e. The summed E-state index contributed by atoms with van der Waals surface area (Å²) in [5, 5.41) is 8.41. The lowest BCUT2D eigenvalue weighted by Gasteiger charge is -2.21. The second-order valence-electron chi connectivity index (χ2n) is 2.68. The van der Waals surface area contributed by atoms with Gasteiger partial charge in [-0.3, -0.25) is 10.7 Å². The van der Waals surface area contributed by atoms with E-state index in [-0.39, 0.29) is 5.41 Å². The molecule has 0 heterocycles. The normalized spacial score (nSPS) is 11.1. The summed E-state index contributed by atoms with van der Waals surface area (Å²) in [6.45, 7) is 6.00. The molecule has 0 spiro atoms. The maximum Gasteiger partial charge on any atom is 0.106 e. The van der Waals surface area contributed by atoms with Gasteiger partial charge in [0, 0.05) is 5.41 Å². The van der Waals surface area contributed by atoms with E-state index in [1.807, 2.05) is 26.3 Å². The smallest absolute Gasteiger partial charge is 0.106 e. The van der Waals surface area contributed by atoms with E-state index in [1.165, 1.54) is 0 Å². The van der Waals surface area contributed by atoms with E-state index in [2.05, 4.69) is 0 Å². The van der Waals surface area contributed by atoms with Crippen LogP contribution in [0.1, 0.15) is 27.2 Å². The van der Waals surface area contributed by atoms with Gasteiger partial charge >= 0.3 is 0 Å². The zero-order chi connectivity index (χ0) is 7.49. The van der Waals surface area contributed by atoms with Crippen LogP contribution in [0, 0.1) is 5.41 Å². The summed E-state index contributed by atoms with van der Waals surface area (Å²) in [6, 6.07) is 0. The summed E-state index contributed by atoms with van der Waals surface area (Å²) >= 11 is 4.83. The first kappa shape index (κ1) is 8.85. The average molecular weight is 147 g/mol. The molecule has 54 valence electrons. The van der Waals surface area contributed by atoms with Gasteiger partial charge in [-0.2, -0.15) is 0 Å². The monoisotopic (exact) mass is 147 g/mol. The van der Waals surface area contributed by atoms with E-state index in [4.69, 9.17) is 17.4 Å². The van der Waals surface area contributed by atoms with Gasteiger partial charge in [0.1, 0.15) is 4.99 Å². The van der Waals surface area contributed by atoms with Crippen LogP contribution in [0.4, 0.5) is 0 Å². The van der Waals surface area contributed by atoms with Gasteiger partial charge in [-0.1, -0.05) is 33.0 Å². The van der Waals surface area contributed by atoms with E-state index >= 15 is 0 Å². The lowest BCUT2D eigenvalue weighted by Crippen LogP contribution is -2.32. The van der Waals surface area contributed by atoms with Gasteiger partial charge in [0.25, 0.3) is 0 Å². The quantitative estimate of drug-likeness (QED) is 0.461. The van der Waals surface area contributed by atoms with Crippen LogP contribution in [0.2, 0.25) is 0 Å². The molecule has 0 saturated carbocycles. The van der Waals surface area contributed by atoms with Crippen LogP contribution in [0.3, 0.4) is 0 Å². The van der Waals surface area contributed by atoms with Crippen molar-refractivity contribution in [1.82, 2.24) is 5.48 Å². The molecule has 0 rings (SSSR count). The van der Waals surface area contributed by atoms with Crippen LogP contribution in [0.15, 0.2) is 0 Å². The van der Waals surface area contributed by atoms with Crippen molar-refractivity contribution in [3.8, 4) is 0 Å². The van der Waals surface area contributed by atoms with E-state index in [0.717, 1.165) is 6.42 Å². The van der Waals surface area contributed by atoms with Crippen molar-refractivity contribution >= 4 is 17.2 Å². The second-order valence-corrected chi connectivity index (χ2v) is 3.09. The summed E-state index contributed by atoms with van der Waals surface area (Å²) in [5.74, 6) is 0. The Morgan fingerprint density at radius 1 is 1.67 bits per heavy atom. The summed E-state index contributed by atoms with van der Waals surface area (Å²) < 4.78 is 0. The number of rotatable bonds is 2. The Hall–Kier alpha value is -0.150. The maximum absolute atomic E-state index is 8.41. The van der Waals surface area contributed by atoms with Crippen LogP contribution in [-0.2, 0) is 0 Å². The minimum atomic E-state index is -0.0793. The van der Waals surface area contributed by atoms with E-state index in [0.29, 0.717) is 4.99 Å². The third-order valence-electron chi connectivity index (χ3n) is 1.60. The first-order valence-electron chi connectivity index (χ1n) is 2.99. The molecule has 0 aromatic rings. The second kappa shape index (κ2) is 3.13. The first-order chi connectivity index (χ1) is 4.04. The molecule has 0 saturated heterocycles. The Labute approximate surface area is 61.2 Å². The van der Waals surface area contributed by atoms with Gasteiger partial charge in [-0.25, -0.2) is 0 Å². The van der Waals surface area contributed by atoms with E-state index in [9.17, 15) is 0 Å². The molecule has 0 bridgehead atoms. The lowest BCUT2D eigenvalue weighted by atomic mass is 9.90. The molecule has 0 amide bonds. The highest BCUT2D eigenvalue weighted by atomic mass is 32.1. The van der Waals surface area contributed by atoms with Gasteiger partial charge in [0.15, 0.2) is 0 Å². The molecule has 0 aromatic carbocycles. The van der Waals surface area contributed by atoms with Gasteiger partial charge < -0.3 is 0 Å². The van der Waals surface area contributed by atoms with Gasteiger partial charge in [-0.05, 0) is 6.42 Å². The third kappa shape index (κ3) is 2.28. The molecular formula is C6H13NOS. The van der Waals surface area contributed by atoms with Crippen molar-refractivity contribution in [3.05, 3.63) is 0 Å². The van der Waals surface area contributed by atoms with Crippen LogP contribution < -0.4 is 5.48 Å².